The number of amides is 1. The number of carbonyl (C=O) groups excluding carboxylic acids is 2. The summed E-state index contributed by atoms with van der Waals surface area (Å²) in [6.07, 6.45) is -0.0699. The zero-order chi connectivity index (χ0) is 12.7. The first-order valence-electron chi connectivity index (χ1n) is 5.27. The maximum atomic E-state index is 11.4. The lowest BCUT2D eigenvalue weighted by Gasteiger charge is -2.09. The van der Waals surface area contributed by atoms with Crippen molar-refractivity contribution in [3.63, 3.8) is 0 Å². The Morgan fingerprint density at radius 3 is 2.50 bits per heavy atom. The number of hydrogen-bond acceptors (Lipinski definition) is 4. The molecule has 100 valence electrons. The van der Waals surface area contributed by atoms with E-state index in [0.717, 1.165) is 5.56 Å². The number of nitrogens with two attached hydrogens (primary N) is 1. The highest BCUT2D eigenvalue weighted by atomic mass is 35.5. The van der Waals surface area contributed by atoms with Crippen molar-refractivity contribution < 1.29 is 14.3 Å². The van der Waals surface area contributed by atoms with Crippen LogP contribution in [-0.4, -0.2) is 25.0 Å². The maximum Gasteiger partial charge on any atom is 0.323 e. The molecule has 0 aliphatic rings. The van der Waals surface area contributed by atoms with Crippen molar-refractivity contribution in [1.29, 1.82) is 0 Å². The number of methoxy groups -OCH3 is 1. The van der Waals surface area contributed by atoms with Crippen LogP contribution in [0.1, 0.15) is 12.0 Å². The highest BCUT2D eigenvalue weighted by molar-refractivity contribution is 5.85. The highest BCUT2D eigenvalue weighted by Gasteiger charge is 2.17. The number of ether oxygens (including phenoxy) is 1. The molecular weight excluding hydrogens is 256 g/mol. The van der Waals surface area contributed by atoms with Gasteiger partial charge in [0.25, 0.3) is 0 Å². The predicted molar refractivity (Wildman–Crippen MR) is 70.1 cm³/mol. The Hall–Kier alpha value is -1.59. The minimum absolute atomic E-state index is 0. The van der Waals surface area contributed by atoms with Crippen molar-refractivity contribution in [1.82, 2.24) is 5.32 Å². The molecule has 3 N–H and O–H groups in total. The van der Waals surface area contributed by atoms with Crippen molar-refractivity contribution in [3.05, 3.63) is 35.9 Å². The predicted octanol–water partition coefficient (Wildman–Crippen LogP) is 0.615. The molecule has 0 saturated carbocycles. The minimum Gasteiger partial charge on any atom is -0.468 e. The number of halogens is 1. The molecule has 0 heterocycles. The number of rotatable bonds is 5. The van der Waals surface area contributed by atoms with E-state index in [1.165, 1.54) is 7.11 Å². The standard InChI is InChI=1S/C12H16N2O3.ClH/c1-17-12(16)10(13)7-11(15)14-8-9-5-3-2-4-6-9;/h2-6,10H,7-8,13H2,1H3,(H,14,15);1H. The molecular formula is C12H17ClN2O3. The molecule has 0 aliphatic heterocycles. The van der Waals surface area contributed by atoms with Crippen LogP contribution in [0.15, 0.2) is 30.3 Å². The first-order valence-corrected chi connectivity index (χ1v) is 5.27. The molecule has 1 amide bonds. The third-order valence-electron chi connectivity index (χ3n) is 2.24. The molecule has 1 aromatic carbocycles. The number of carbonyl (C=O) groups is 2. The van der Waals surface area contributed by atoms with Gasteiger partial charge >= 0.3 is 5.97 Å². The summed E-state index contributed by atoms with van der Waals surface area (Å²) in [7, 11) is 1.24. The molecule has 0 fully saturated rings. The third kappa shape index (κ3) is 5.65. The van der Waals surface area contributed by atoms with E-state index in [9.17, 15) is 9.59 Å². The summed E-state index contributed by atoms with van der Waals surface area (Å²) in [6.45, 7) is 0.424. The first-order chi connectivity index (χ1) is 8.13. The van der Waals surface area contributed by atoms with Crippen LogP contribution < -0.4 is 11.1 Å². The van der Waals surface area contributed by atoms with E-state index in [1.54, 1.807) is 0 Å². The zero-order valence-electron chi connectivity index (χ0n) is 10.1. The average Bonchev–Trinajstić information content (AvgIpc) is 2.36. The van der Waals surface area contributed by atoms with E-state index in [4.69, 9.17) is 5.73 Å². The second-order valence-electron chi connectivity index (χ2n) is 3.60. The smallest absolute Gasteiger partial charge is 0.323 e. The molecule has 1 atom stereocenters. The van der Waals surface area contributed by atoms with Crippen LogP contribution in [0.2, 0.25) is 0 Å². The van der Waals surface area contributed by atoms with Crippen LogP contribution in [0.5, 0.6) is 0 Å². The molecule has 18 heavy (non-hydrogen) atoms. The molecule has 0 radical (unpaired) electrons. The fraction of sp³-hybridized carbons (Fsp3) is 0.333. The Morgan fingerprint density at radius 2 is 1.94 bits per heavy atom. The second kappa shape index (κ2) is 8.49. The molecule has 5 nitrogen and oxygen atoms in total. The van der Waals surface area contributed by atoms with Crippen molar-refractivity contribution in [2.45, 2.75) is 19.0 Å². The Bertz CT molecular complexity index is 384. The SMILES string of the molecule is COC(=O)C(N)CC(=O)NCc1ccccc1.Cl. The fourth-order valence-corrected chi connectivity index (χ4v) is 1.30. The normalized spacial score (nSPS) is 11.0. The van der Waals surface area contributed by atoms with Crippen LogP contribution in [0, 0.1) is 0 Å². The van der Waals surface area contributed by atoms with Crippen LogP contribution in [0.4, 0.5) is 0 Å². The van der Waals surface area contributed by atoms with E-state index in [1.807, 2.05) is 30.3 Å². The van der Waals surface area contributed by atoms with Crippen molar-refractivity contribution in [2.24, 2.45) is 5.73 Å². The van der Waals surface area contributed by atoms with Gasteiger partial charge in [-0.3, -0.25) is 9.59 Å². The van der Waals surface area contributed by atoms with E-state index in [-0.39, 0.29) is 24.7 Å². The third-order valence-corrected chi connectivity index (χ3v) is 2.24. The lowest BCUT2D eigenvalue weighted by atomic mass is 10.2. The second-order valence-corrected chi connectivity index (χ2v) is 3.60. The van der Waals surface area contributed by atoms with Gasteiger partial charge in [0, 0.05) is 6.54 Å². The quantitative estimate of drug-likeness (QED) is 0.770. The molecule has 0 bridgehead atoms. The van der Waals surface area contributed by atoms with E-state index >= 15 is 0 Å². The monoisotopic (exact) mass is 272 g/mol. The van der Waals surface area contributed by atoms with Gasteiger partial charge in [0.2, 0.25) is 5.91 Å². The zero-order valence-corrected chi connectivity index (χ0v) is 10.9. The summed E-state index contributed by atoms with van der Waals surface area (Å²) >= 11 is 0. The van der Waals surface area contributed by atoms with Gasteiger partial charge in [-0.05, 0) is 5.56 Å². The van der Waals surface area contributed by atoms with E-state index in [0.29, 0.717) is 6.54 Å². The number of esters is 1. The Labute approximate surface area is 112 Å². The lowest BCUT2D eigenvalue weighted by molar-refractivity contribution is -0.143. The summed E-state index contributed by atoms with van der Waals surface area (Å²) in [4.78, 5) is 22.4. The summed E-state index contributed by atoms with van der Waals surface area (Å²) in [5.41, 5.74) is 6.46. The van der Waals surface area contributed by atoms with Crippen molar-refractivity contribution in [2.75, 3.05) is 7.11 Å². The topological polar surface area (TPSA) is 81.4 Å². The molecule has 0 aromatic heterocycles. The molecule has 1 unspecified atom stereocenters. The highest BCUT2D eigenvalue weighted by Crippen LogP contribution is 1.98. The van der Waals surface area contributed by atoms with Crippen LogP contribution in [0.25, 0.3) is 0 Å². The van der Waals surface area contributed by atoms with Gasteiger partial charge in [-0.15, -0.1) is 12.4 Å². The molecule has 1 rings (SSSR count). The van der Waals surface area contributed by atoms with Crippen molar-refractivity contribution >= 4 is 24.3 Å². The molecule has 0 spiro atoms. The maximum absolute atomic E-state index is 11.4. The van der Waals surface area contributed by atoms with E-state index < -0.39 is 12.0 Å². The first kappa shape index (κ1) is 16.4. The Balaban J connectivity index is 0.00000289. The average molecular weight is 273 g/mol. The number of nitrogens with one attached hydrogen (secondary N) is 1. The summed E-state index contributed by atoms with van der Waals surface area (Å²) < 4.78 is 4.43. The van der Waals surface area contributed by atoms with Crippen LogP contribution in [-0.2, 0) is 20.9 Å². The number of hydrogen-bond donors (Lipinski definition) is 2. The summed E-state index contributed by atoms with van der Waals surface area (Å²) in [5.74, 6) is -0.855. The van der Waals surface area contributed by atoms with Crippen LogP contribution in [0.3, 0.4) is 0 Å². The molecule has 0 saturated heterocycles. The Morgan fingerprint density at radius 1 is 1.33 bits per heavy atom. The van der Waals surface area contributed by atoms with Gasteiger partial charge in [0.1, 0.15) is 6.04 Å². The lowest BCUT2D eigenvalue weighted by Crippen LogP contribution is -2.37. The summed E-state index contributed by atoms with van der Waals surface area (Å²) in [6, 6.07) is 8.58. The van der Waals surface area contributed by atoms with Gasteiger partial charge in [0.15, 0.2) is 0 Å². The van der Waals surface area contributed by atoms with Gasteiger partial charge in [-0.1, -0.05) is 30.3 Å². The summed E-state index contributed by atoms with van der Waals surface area (Å²) in [5, 5.41) is 2.68. The molecule has 0 aliphatic carbocycles. The molecule has 6 heteroatoms. The van der Waals surface area contributed by atoms with Gasteiger partial charge in [-0.2, -0.15) is 0 Å². The van der Waals surface area contributed by atoms with Crippen molar-refractivity contribution in [3.8, 4) is 0 Å². The Kier molecular flexibility index (Phi) is 7.74. The van der Waals surface area contributed by atoms with Crippen LogP contribution >= 0.6 is 12.4 Å². The van der Waals surface area contributed by atoms with Gasteiger partial charge in [0.05, 0.1) is 13.5 Å². The number of benzene rings is 1. The fourth-order valence-electron chi connectivity index (χ4n) is 1.30. The van der Waals surface area contributed by atoms with E-state index in [2.05, 4.69) is 10.1 Å². The molecule has 1 aromatic rings. The van der Waals surface area contributed by atoms with Gasteiger partial charge in [-0.25, -0.2) is 0 Å². The van der Waals surface area contributed by atoms with Gasteiger partial charge < -0.3 is 15.8 Å². The minimum atomic E-state index is -0.907. The largest absolute Gasteiger partial charge is 0.468 e.